The number of ether oxygens (including phenoxy) is 1. The lowest BCUT2D eigenvalue weighted by Gasteiger charge is -2.31. The van der Waals surface area contributed by atoms with Crippen LogP contribution in [-0.4, -0.2) is 27.4 Å². The molecular formula is C23H20F6O4S. The summed E-state index contributed by atoms with van der Waals surface area (Å²) in [6.07, 6.45) is -6.20. The molecule has 1 unspecified atom stereocenters. The van der Waals surface area contributed by atoms with E-state index in [1.807, 2.05) is 0 Å². The molecule has 0 saturated carbocycles. The van der Waals surface area contributed by atoms with Crippen LogP contribution in [0.5, 0.6) is 5.75 Å². The summed E-state index contributed by atoms with van der Waals surface area (Å²) < 4.78 is 86.5. The summed E-state index contributed by atoms with van der Waals surface area (Å²) in [7, 11) is 0. The van der Waals surface area contributed by atoms with Gasteiger partial charge in [0.15, 0.2) is 0 Å². The van der Waals surface area contributed by atoms with E-state index in [1.165, 1.54) is 6.07 Å². The second-order valence-corrected chi connectivity index (χ2v) is 8.44. The van der Waals surface area contributed by atoms with E-state index in [2.05, 4.69) is 0 Å². The maximum atomic E-state index is 14.4. The zero-order chi connectivity index (χ0) is 25.3. The summed E-state index contributed by atoms with van der Waals surface area (Å²) in [5, 5.41) is 29.3. The van der Waals surface area contributed by atoms with Gasteiger partial charge in [-0.15, -0.1) is 11.3 Å². The lowest BCUT2D eigenvalue weighted by molar-refractivity contribution is -0.390. The average Bonchev–Trinajstić information content (AvgIpc) is 3.25. The second kappa shape index (κ2) is 9.57. The van der Waals surface area contributed by atoms with Gasteiger partial charge >= 0.3 is 18.0 Å². The van der Waals surface area contributed by atoms with E-state index in [0.717, 1.165) is 24.3 Å². The number of rotatable bonds is 8. The van der Waals surface area contributed by atoms with Crippen molar-refractivity contribution in [2.45, 2.75) is 44.7 Å². The predicted molar refractivity (Wildman–Crippen MR) is 113 cm³/mol. The Labute approximate surface area is 194 Å². The van der Waals surface area contributed by atoms with Crippen molar-refractivity contribution in [2.75, 3.05) is 0 Å². The van der Waals surface area contributed by atoms with E-state index in [1.54, 1.807) is 29.6 Å². The molecule has 0 bridgehead atoms. The Balaban J connectivity index is 1.85. The summed E-state index contributed by atoms with van der Waals surface area (Å²) in [4.78, 5) is 0.426. The number of aliphatic hydroxyl groups excluding tert-OH is 2. The average molecular weight is 506 g/mol. The molecule has 34 heavy (non-hydrogen) atoms. The number of hydrogen-bond acceptors (Lipinski definition) is 5. The number of benzene rings is 2. The fourth-order valence-electron chi connectivity index (χ4n) is 3.35. The van der Waals surface area contributed by atoms with E-state index in [0.29, 0.717) is 33.4 Å². The van der Waals surface area contributed by atoms with Crippen LogP contribution < -0.4 is 4.74 Å². The Morgan fingerprint density at radius 2 is 1.59 bits per heavy atom. The molecule has 0 spiro atoms. The lowest BCUT2D eigenvalue weighted by atomic mass is 9.92. The molecule has 0 aliphatic rings. The van der Waals surface area contributed by atoms with Gasteiger partial charge in [0.25, 0.3) is 0 Å². The summed E-state index contributed by atoms with van der Waals surface area (Å²) in [5.41, 5.74) is 0.233. The molecule has 4 nitrogen and oxygen atoms in total. The smallest absolute Gasteiger partial charge is 0.455 e. The van der Waals surface area contributed by atoms with Crippen molar-refractivity contribution in [3.63, 3.8) is 0 Å². The fraction of sp³-hybridized carbons (Fsp3) is 0.304. The molecule has 3 aromatic rings. The maximum absolute atomic E-state index is 14.4. The molecule has 1 aromatic heterocycles. The highest BCUT2D eigenvalue weighted by Gasteiger charge is 2.71. The second-order valence-electron chi connectivity index (χ2n) is 7.53. The molecule has 1 heterocycles. The Morgan fingerprint density at radius 3 is 2.21 bits per heavy atom. The van der Waals surface area contributed by atoms with Crippen molar-refractivity contribution in [1.29, 1.82) is 0 Å². The van der Waals surface area contributed by atoms with E-state index in [-0.39, 0.29) is 30.9 Å². The number of hydrogen-bond donors (Lipinski definition) is 3. The van der Waals surface area contributed by atoms with Crippen LogP contribution in [0.25, 0.3) is 10.4 Å². The Bertz CT molecular complexity index is 1160. The van der Waals surface area contributed by atoms with E-state index in [4.69, 9.17) is 9.84 Å². The van der Waals surface area contributed by atoms with Gasteiger partial charge in [-0.25, -0.2) is 0 Å². The third-order valence-corrected chi connectivity index (χ3v) is 6.32. The van der Waals surface area contributed by atoms with Crippen molar-refractivity contribution >= 4 is 11.3 Å². The first-order chi connectivity index (χ1) is 15.8. The molecule has 3 N–H and O–H groups in total. The molecule has 184 valence electrons. The first-order valence-corrected chi connectivity index (χ1v) is 10.7. The summed E-state index contributed by atoms with van der Waals surface area (Å²) >= 11 is 1.12. The normalized spacial score (nSPS) is 14.2. The van der Waals surface area contributed by atoms with Crippen molar-refractivity contribution in [2.24, 2.45) is 0 Å². The lowest BCUT2D eigenvalue weighted by Crippen LogP contribution is -2.53. The zero-order valence-corrected chi connectivity index (χ0v) is 18.5. The highest BCUT2D eigenvalue weighted by Crippen LogP contribution is 2.50. The van der Waals surface area contributed by atoms with Crippen LogP contribution in [-0.2, 0) is 25.7 Å². The van der Waals surface area contributed by atoms with Gasteiger partial charge in [0.2, 0.25) is 0 Å². The van der Waals surface area contributed by atoms with Crippen molar-refractivity contribution in [3.05, 3.63) is 75.7 Å². The molecule has 0 radical (unpaired) electrons. The van der Waals surface area contributed by atoms with Gasteiger partial charge in [-0.3, -0.25) is 0 Å². The number of aliphatic hydroxyl groups is 3. The SMILES string of the molecule is Cc1c(-c2cc(COc3ccc(CO)c(CO)c3)cs2)cccc1C(F)(F)C(O)(F)C(F)(F)F. The van der Waals surface area contributed by atoms with Gasteiger partial charge in [-0.1, -0.05) is 24.3 Å². The van der Waals surface area contributed by atoms with Gasteiger partial charge in [-0.05, 0) is 52.8 Å². The largest absolute Gasteiger partial charge is 0.489 e. The van der Waals surface area contributed by atoms with E-state index < -0.39 is 23.5 Å². The third-order valence-electron chi connectivity index (χ3n) is 5.31. The van der Waals surface area contributed by atoms with Crippen LogP contribution in [0.2, 0.25) is 0 Å². The van der Waals surface area contributed by atoms with Crippen LogP contribution in [0.4, 0.5) is 26.3 Å². The summed E-state index contributed by atoms with van der Waals surface area (Å²) in [6.45, 7) is 0.649. The molecule has 1 atom stereocenters. The van der Waals surface area contributed by atoms with Gasteiger partial charge in [0.1, 0.15) is 12.4 Å². The Hall–Kier alpha value is -2.60. The Kier molecular flexibility index (Phi) is 7.32. The molecular weight excluding hydrogens is 486 g/mol. The maximum Gasteiger partial charge on any atom is 0.455 e. The third kappa shape index (κ3) is 4.78. The van der Waals surface area contributed by atoms with Crippen molar-refractivity contribution in [1.82, 2.24) is 0 Å². The number of alkyl halides is 6. The molecule has 0 amide bonds. The number of thiophene rings is 1. The summed E-state index contributed by atoms with van der Waals surface area (Å²) in [5.74, 6) is -10.6. The molecule has 3 rings (SSSR count). The van der Waals surface area contributed by atoms with Gasteiger partial charge in [0.05, 0.1) is 13.2 Å². The highest BCUT2D eigenvalue weighted by atomic mass is 32.1. The summed E-state index contributed by atoms with van der Waals surface area (Å²) in [6, 6.07) is 9.46. The molecule has 0 aliphatic heterocycles. The van der Waals surface area contributed by atoms with Gasteiger partial charge in [0, 0.05) is 16.0 Å². The minimum absolute atomic E-state index is 0.0625. The van der Waals surface area contributed by atoms with Crippen molar-refractivity contribution < 1.29 is 46.4 Å². The molecule has 0 fully saturated rings. The Morgan fingerprint density at radius 1 is 0.912 bits per heavy atom. The highest BCUT2D eigenvalue weighted by molar-refractivity contribution is 7.13. The molecule has 11 heteroatoms. The van der Waals surface area contributed by atoms with Crippen LogP contribution in [0.1, 0.15) is 27.8 Å². The molecule has 0 aliphatic carbocycles. The van der Waals surface area contributed by atoms with Gasteiger partial charge < -0.3 is 20.1 Å². The van der Waals surface area contributed by atoms with Crippen LogP contribution in [0, 0.1) is 6.92 Å². The van der Waals surface area contributed by atoms with Crippen LogP contribution in [0.3, 0.4) is 0 Å². The van der Waals surface area contributed by atoms with E-state index >= 15 is 0 Å². The minimum Gasteiger partial charge on any atom is -0.489 e. The first-order valence-electron chi connectivity index (χ1n) is 9.83. The molecule has 2 aromatic carbocycles. The molecule has 0 saturated heterocycles. The monoisotopic (exact) mass is 506 g/mol. The van der Waals surface area contributed by atoms with Crippen molar-refractivity contribution in [3.8, 4) is 16.2 Å². The standard InChI is InChI=1S/C23H20F6O4S/c1-13-18(3-2-4-19(13)21(24,25)22(26,32)23(27,28)29)20-7-14(12-34-20)11-33-17-6-5-15(9-30)16(8-17)10-31/h2-8,12,30-32H,9-11H2,1H3. The zero-order valence-electron chi connectivity index (χ0n) is 17.7. The number of halogens is 6. The van der Waals surface area contributed by atoms with Crippen LogP contribution in [0.15, 0.2) is 47.8 Å². The first kappa shape index (κ1) is 26.0. The van der Waals surface area contributed by atoms with Crippen LogP contribution >= 0.6 is 11.3 Å². The predicted octanol–water partition coefficient (Wildman–Crippen LogP) is 5.60. The van der Waals surface area contributed by atoms with E-state index in [9.17, 15) is 36.6 Å². The quantitative estimate of drug-likeness (QED) is 0.348. The van der Waals surface area contributed by atoms with Gasteiger partial charge in [-0.2, -0.15) is 26.3 Å². The topological polar surface area (TPSA) is 69.9 Å². The minimum atomic E-state index is -6.20. The fourth-order valence-corrected chi connectivity index (χ4v) is 4.33.